The molecule has 2 heterocycles. The molecule has 1 N–H and O–H groups in total. The average Bonchev–Trinajstić information content (AvgIpc) is 3.04. The molecular formula is C16H21Cl2NO2. The molecule has 116 valence electrons. The largest absolute Gasteiger partial charge is 0.488 e. The first-order chi connectivity index (χ1) is 10.3. The number of ether oxygens (including phenoxy) is 2. The van der Waals surface area contributed by atoms with E-state index in [4.69, 9.17) is 32.7 Å². The van der Waals surface area contributed by atoms with E-state index in [0.29, 0.717) is 27.6 Å². The van der Waals surface area contributed by atoms with Crippen molar-refractivity contribution in [1.29, 1.82) is 0 Å². The number of hydrogen-bond acceptors (Lipinski definition) is 3. The van der Waals surface area contributed by atoms with Crippen LogP contribution in [0, 0.1) is 11.8 Å². The predicted molar refractivity (Wildman–Crippen MR) is 85.4 cm³/mol. The van der Waals surface area contributed by atoms with Crippen LogP contribution in [0.2, 0.25) is 10.0 Å². The summed E-state index contributed by atoms with van der Waals surface area (Å²) in [6, 6.07) is 5.58. The van der Waals surface area contributed by atoms with Crippen LogP contribution in [0.3, 0.4) is 0 Å². The highest BCUT2D eigenvalue weighted by atomic mass is 35.5. The molecule has 3 rings (SSSR count). The zero-order valence-electron chi connectivity index (χ0n) is 12.0. The third kappa shape index (κ3) is 3.65. The van der Waals surface area contributed by atoms with Crippen LogP contribution in [-0.2, 0) is 4.74 Å². The summed E-state index contributed by atoms with van der Waals surface area (Å²) in [6.45, 7) is 3.74. The lowest BCUT2D eigenvalue weighted by Crippen LogP contribution is -2.39. The molecule has 0 saturated carbocycles. The minimum Gasteiger partial charge on any atom is -0.488 e. The number of nitrogens with one attached hydrogen (secondary N) is 1. The van der Waals surface area contributed by atoms with Crippen LogP contribution >= 0.6 is 23.2 Å². The Labute approximate surface area is 135 Å². The molecule has 0 bridgehead atoms. The summed E-state index contributed by atoms with van der Waals surface area (Å²) >= 11 is 12.4. The first-order valence-corrected chi connectivity index (χ1v) is 8.40. The smallest absolute Gasteiger partial charge is 0.139 e. The molecule has 5 heteroatoms. The summed E-state index contributed by atoms with van der Waals surface area (Å²) in [7, 11) is 0. The number of hydrogen-bond donors (Lipinski definition) is 1. The third-order valence-electron chi connectivity index (χ3n) is 4.47. The minimum atomic E-state index is 0.180. The van der Waals surface area contributed by atoms with Crippen LogP contribution in [0.15, 0.2) is 18.2 Å². The molecule has 0 spiro atoms. The van der Waals surface area contributed by atoms with Gasteiger partial charge in [0.05, 0.1) is 5.02 Å². The van der Waals surface area contributed by atoms with Gasteiger partial charge in [0.2, 0.25) is 0 Å². The number of halogens is 2. The standard InChI is InChI=1S/C16H21Cl2NO2/c17-13-2-1-3-14(15(13)18)21-16(12-4-7-19-10-12)11-5-8-20-9-6-11/h1-3,11-12,16,19H,4-10H2/t12-,16+/m1/s1. The zero-order chi connectivity index (χ0) is 14.7. The lowest BCUT2D eigenvalue weighted by Gasteiger charge is -2.34. The topological polar surface area (TPSA) is 30.5 Å². The van der Waals surface area contributed by atoms with Gasteiger partial charge in [-0.15, -0.1) is 0 Å². The normalized spacial score (nSPS) is 25.0. The molecular weight excluding hydrogens is 309 g/mol. The maximum absolute atomic E-state index is 6.34. The van der Waals surface area contributed by atoms with E-state index in [1.165, 1.54) is 0 Å². The second-order valence-corrected chi connectivity index (χ2v) is 6.62. The molecule has 0 aliphatic carbocycles. The van der Waals surface area contributed by atoms with Crippen molar-refractivity contribution in [2.75, 3.05) is 26.3 Å². The molecule has 3 nitrogen and oxygen atoms in total. The monoisotopic (exact) mass is 329 g/mol. The maximum atomic E-state index is 6.34. The van der Waals surface area contributed by atoms with E-state index >= 15 is 0 Å². The van der Waals surface area contributed by atoms with Gasteiger partial charge >= 0.3 is 0 Å². The highest BCUT2D eigenvalue weighted by Crippen LogP contribution is 2.36. The van der Waals surface area contributed by atoms with E-state index in [0.717, 1.165) is 45.6 Å². The Morgan fingerprint density at radius 1 is 1.14 bits per heavy atom. The molecule has 0 unspecified atom stereocenters. The summed E-state index contributed by atoms with van der Waals surface area (Å²) in [5, 5.41) is 4.50. The highest BCUT2D eigenvalue weighted by molar-refractivity contribution is 6.42. The maximum Gasteiger partial charge on any atom is 0.139 e. The summed E-state index contributed by atoms with van der Waals surface area (Å²) in [5.74, 6) is 1.76. The fourth-order valence-corrected chi connectivity index (χ4v) is 3.64. The molecule has 2 atom stereocenters. The van der Waals surface area contributed by atoms with Crippen molar-refractivity contribution in [3.8, 4) is 5.75 Å². The molecule has 1 aromatic rings. The van der Waals surface area contributed by atoms with Crippen molar-refractivity contribution < 1.29 is 9.47 Å². The second-order valence-electron chi connectivity index (χ2n) is 5.84. The van der Waals surface area contributed by atoms with Crippen molar-refractivity contribution in [3.63, 3.8) is 0 Å². The molecule has 2 saturated heterocycles. The Hall–Kier alpha value is -0.480. The van der Waals surface area contributed by atoms with E-state index in [2.05, 4.69) is 5.32 Å². The molecule has 0 amide bonds. The molecule has 1 aromatic carbocycles. The fraction of sp³-hybridized carbons (Fsp3) is 0.625. The Morgan fingerprint density at radius 2 is 1.95 bits per heavy atom. The highest BCUT2D eigenvalue weighted by Gasteiger charge is 2.34. The van der Waals surface area contributed by atoms with Gasteiger partial charge in [-0.2, -0.15) is 0 Å². The van der Waals surface area contributed by atoms with E-state index in [9.17, 15) is 0 Å². The van der Waals surface area contributed by atoms with Crippen molar-refractivity contribution in [2.45, 2.75) is 25.4 Å². The Balaban J connectivity index is 1.79. The SMILES string of the molecule is Clc1cccc(O[C@@H](C2CCOCC2)[C@@H]2CCNC2)c1Cl. The molecule has 2 aliphatic rings. The second kappa shape index (κ2) is 7.19. The van der Waals surface area contributed by atoms with Gasteiger partial charge in [-0.25, -0.2) is 0 Å². The molecule has 2 aliphatic heterocycles. The molecule has 2 fully saturated rings. The van der Waals surface area contributed by atoms with E-state index < -0.39 is 0 Å². The Kier molecular flexibility index (Phi) is 5.28. The minimum absolute atomic E-state index is 0.180. The van der Waals surface area contributed by atoms with E-state index in [-0.39, 0.29) is 6.10 Å². The van der Waals surface area contributed by atoms with Crippen LogP contribution in [0.1, 0.15) is 19.3 Å². The quantitative estimate of drug-likeness (QED) is 0.911. The van der Waals surface area contributed by atoms with E-state index in [1.54, 1.807) is 6.07 Å². The van der Waals surface area contributed by atoms with E-state index in [1.807, 2.05) is 12.1 Å². The first-order valence-electron chi connectivity index (χ1n) is 7.65. The lowest BCUT2D eigenvalue weighted by molar-refractivity contribution is -0.00129. The summed E-state index contributed by atoms with van der Waals surface area (Å²) in [5.41, 5.74) is 0. The molecule has 0 radical (unpaired) electrons. The van der Waals surface area contributed by atoms with Gasteiger partial charge in [0.1, 0.15) is 16.9 Å². The van der Waals surface area contributed by atoms with Crippen molar-refractivity contribution in [2.24, 2.45) is 11.8 Å². The van der Waals surface area contributed by atoms with Crippen LogP contribution < -0.4 is 10.1 Å². The van der Waals surface area contributed by atoms with Crippen molar-refractivity contribution >= 4 is 23.2 Å². The Morgan fingerprint density at radius 3 is 2.67 bits per heavy atom. The van der Waals surface area contributed by atoms with Gasteiger partial charge < -0.3 is 14.8 Å². The van der Waals surface area contributed by atoms with Crippen LogP contribution in [0.25, 0.3) is 0 Å². The van der Waals surface area contributed by atoms with Gasteiger partial charge in [0.15, 0.2) is 0 Å². The molecule has 0 aromatic heterocycles. The summed E-state index contributed by atoms with van der Waals surface area (Å²) in [4.78, 5) is 0. The number of benzene rings is 1. The van der Waals surface area contributed by atoms with Crippen LogP contribution in [0.5, 0.6) is 5.75 Å². The predicted octanol–water partition coefficient (Wildman–Crippen LogP) is 3.78. The van der Waals surface area contributed by atoms with Crippen molar-refractivity contribution in [3.05, 3.63) is 28.2 Å². The molecule has 21 heavy (non-hydrogen) atoms. The lowest BCUT2D eigenvalue weighted by atomic mass is 9.85. The third-order valence-corrected chi connectivity index (χ3v) is 5.27. The first kappa shape index (κ1) is 15.4. The number of rotatable bonds is 4. The van der Waals surface area contributed by atoms with Gasteiger partial charge in [0.25, 0.3) is 0 Å². The average molecular weight is 330 g/mol. The van der Waals surface area contributed by atoms with Crippen LogP contribution in [0.4, 0.5) is 0 Å². The van der Waals surface area contributed by atoms with Gasteiger partial charge in [-0.3, -0.25) is 0 Å². The van der Waals surface area contributed by atoms with Gasteiger partial charge in [0, 0.05) is 31.6 Å². The fourth-order valence-electron chi connectivity index (χ4n) is 3.30. The zero-order valence-corrected chi connectivity index (χ0v) is 13.5. The van der Waals surface area contributed by atoms with Gasteiger partial charge in [-0.1, -0.05) is 29.3 Å². The van der Waals surface area contributed by atoms with Crippen LogP contribution in [-0.4, -0.2) is 32.4 Å². The van der Waals surface area contributed by atoms with Gasteiger partial charge in [-0.05, 0) is 37.9 Å². The summed E-state index contributed by atoms with van der Waals surface area (Å²) < 4.78 is 11.8. The Bertz CT molecular complexity index is 471. The van der Waals surface area contributed by atoms with Crippen molar-refractivity contribution in [1.82, 2.24) is 5.32 Å². The summed E-state index contributed by atoms with van der Waals surface area (Å²) in [6.07, 6.45) is 3.44.